The highest BCUT2D eigenvalue weighted by molar-refractivity contribution is 7.81. The fraction of sp³-hybridized carbons (Fsp3) is 0.391. The van der Waals surface area contributed by atoms with Crippen molar-refractivity contribution >= 4 is 46.2 Å². The maximum absolute atomic E-state index is 15.0. The van der Waals surface area contributed by atoms with Crippen molar-refractivity contribution in [2.75, 3.05) is 22.9 Å². The first-order valence-corrected chi connectivity index (χ1v) is 11.6. The number of carbonyl (C=O) groups excluding carboxylic acids is 1. The van der Waals surface area contributed by atoms with E-state index in [-0.39, 0.29) is 33.6 Å². The summed E-state index contributed by atoms with van der Waals surface area (Å²) in [5.41, 5.74) is 0.0912. The molecule has 1 aromatic carbocycles. The Morgan fingerprint density at radius 2 is 2.03 bits per heavy atom. The number of nitriles is 1. The average molecular weight is 486 g/mol. The minimum atomic E-state index is -0.860. The topological polar surface area (TPSA) is 81.5 Å². The third kappa shape index (κ3) is 3.62. The van der Waals surface area contributed by atoms with E-state index in [2.05, 4.69) is 10.3 Å². The first-order chi connectivity index (χ1) is 15.9. The Balaban J connectivity index is 1.47. The van der Waals surface area contributed by atoms with Crippen molar-refractivity contribution in [2.24, 2.45) is 0 Å². The second-order valence-electron chi connectivity index (χ2n) is 8.46. The van der Waals surface area contributed by atoms with Crippen LogP contribution in [0.2, 0.25) is 5.02 Å². The first kappa shape index (κ1) is 22.0. The van der Waals surface area contributed by atoms with Crippen LogP contribution >= 0.6 is 23.8 Å². The number of amides is 1. The minimum Gasteiger partial charge on any atom is -0.487 e. The Morgan fingerprint density at radius 1 is 1.27 bits per heavy atom. The zero-order valence-electron chi connectivity index (χ0n) is 17.7. The number of benzene rings is 1. The summed E-state index contributed by atoms with van der Waals surface area (Å²) >= 11 is 11.8. The molecule has 5 rings (SSSR count). The number of piperidine rings is 1. The zero-order chi connectivity index (χ0) is 23.2. The second-order valence-corrected chi connectivity index (χ2v) is 9.23. The summed E-state index contributed by atoms with van der Waals surface area (Å²) in [6.07, 6.45) is 5.11. The number of anilines is 2. The van der Waals surface area contributed by atoms with Crippen molar-refractivity contribution < 1.29 is 13.9 Å². The lowest BCUT2D eigenvalue weighted by Gasteiger charge is -2.43. The van der Waals surface area contributed by atoms with Gasteiger partial charge in [-0.1, -0.05) is 11.6 Å². The molecule has 0 unspecified atom stereocenters. The lowest BCUT2D eigenvalue weighted by Crippen LogP contribution is -2.55. The van der Waals surface area contributed by atoms with E-state index in [1.54, 1.807) is 17.0 Å². The largest absolute Gasteiger partial charge is 0.487 e. The van der Waals surface area contributed by atoms with Crippen LogP contribution in [0.25, 0.3) is 0 Å². The molecule has 1 amide bonds. The van der Waals surface area contributed by atoms with E-state index >= 15 is 4.39 Å². The molecule has 7 nitrogen and oxygen atoms in total. The van der Waals surface area contributed by atoms with Gasteiger partial charge in [0.2, 0.25) is 0 Å². The quantitative estimate of drug-likeness (QED) is 0.657. The highest BCUT2D eigenvalue weighted by Crippen LogP contribution is 2.48. The molecule has 33 heavy (non-hydrogen) atoms. The van der Waals surface area contributed by atoms with Crippen LogP contribution in [0.15, 0.2) is 30.5 Å². The number of hydrogen-bond acceptors (Lipinski definition) is 6. The molecule has 1 aromatic heterocycles. The Hall–Kier alpha value is -2.80. The standard InChI is InChI=1S/C23H21ClFN5O2S/c24-17-10-15(13-28-19(17)12-26)29-21(31)23(6-1-7-23)30(22(29)33)14-2-3-20(18(25)11-14)32-16-4-8-27-9-5-16/h2-3,10-11,13,16,27H,1,4-9H2. The van der Waals surface area contributed by atoms with E-state index in [4.69, 9.17) is 33.8 Å². The summed E-state index contributed by atoms with van der Waals surface area (Å²) in [5, 5.41) is 12.7. The molecule has 0 radical (unpaired) electrons. The smallest absolute Gasteiger partial charge is 0.259 e. The third-order valence-corrected chi connectivity index (χ3v) is 7.19. The lowest BCUT2D eigenvalue weighted by molar-refractivity contribution is -0.123. The molecular weight excluding hydrogens is 465 g/mol. The molecule has 1 N–H and O–H groups in total. The number of nitrogens with one attached hydrogen (secondary N) is 1. The number of pyridine rings is 1. The summed E-state index contributed by atoms with van der Waals surface area (Å²) in [7, 11) is 0. The number of carbonyl (C=O) groups is 1. The normalized spacial score (nSPS) is 20.2. The molecule has 2 aliphatic heterocycles. The van der Waals surface area contributed by atoms with Crippen molar-refractivity contribution in [3.8, 4) is 11.8 Å². The number of ether oxygens (including phenoxy) is 1. The van der Waals surface area contributed by atoms with Gasteiger partial charge in [-0.25, -0.2) is 9.37 Å². The van der Waals surface area contributed by atoms with Crippen molar-refractivity contribution in [3.05, 3.63) is 47.0 Å². The van der Waals surface area contributed by atoms with Gasteiger partial charge in [0.1, 0.15) is 17.7 Å². The molecular formula is C23H21ClFN5O2S. The SMILES string of the molecule is N#Cc1ncc(N2C(=O)C3(CCC3)N(c3ccc(OC4CCNCC4)c(F)c3)C2=S)cc1Cl. The maximum atomic E-state index is 15.0. The Labute approximate surface area is 201 Å². The van der Waals surface area contributed by atoms with E-state index in [1.165, 1.54) is 23.2 Å². The van der Waals surface area contributed by atoms with Gasteiger partial charge in [-0.2, -0.15) is 5.26 Å². The monoisotopic (exact) mass is 485 g/mol. The Bertz CT molecular complexity index is 1180. The van der Waals surface area contributed by atoms with Gasteiger partial charge in [0.25, 0.3) is 5.91 Å². The lowest BCUT2D eigenvalue weighted by atomic mass is 9.75. The Morgan fingerprint density at radius 3 is 2.64 bits per heavy atom. The summed E-state index contributed by atoms with van der Waals surface area (Å²) in [4.78, 5) is 20.7. The minimum absolute atomic E-state index is 0.0249. The van der Waals surface area contributed by atoms with Gasteiger partial charge in [-0.3, -0.25) is 9.69 Å². The van der Waals surface area contributed by atoms with Gasteiger partial charge in [0.15, 0.2) is 22.4 Å². The van der Waals surface area contributed by atoms with Crippen molar-refractivity contribution in [2.45, 2.75) is 43.7 Å². The molecule has 10 heteroatoms. The zero-order valence-corrected chi connectivity index (χ0v) is 19.3. The highest BCUT2D eigenvalue weighted by atomic mass is 35.5. The van der Waals surface area contributed by atoms with Crippen LogP contribution in [-0.2, 0) is 4.79 Å². The van der Waals surface area contributed by atoms with Crippen molar-refractivity contribution in [1.82, 2.24) is 10.3 Å². The molecule has 1 spiro atoms. The van der Waals surface area contributed by atoms with E-state index < -0.39 is 11.4 Å². The van der Waals surface area contributed by atoms with Crippen LogP contribution in [-0.4, -0.2) is 40.7 Å². The summed E-state index contributed by atoms with van der Waals surface area (Å²) in [6.45, 7) is 1.70. The van der Waals surface area contributed by atoms with Crippen molar-refractivity contribution in [3.63, 3.8) is 0 Å². The summed E-state index contributed by atoms with van der Waals surface area (Å²) in [6, 6.07) is 8.13. The van der Waals surface area contributed by atoms with Gasteiger partial charge >= 0.3 is 0 Å². The highest BCUT2D eigenvalue weighted by Gasteiger charge is 2.59. The van der Waals surface area contributed by atoms with Gasteiger partial charge in [-0.15, -0.1) is 0 Å². The van der Waals surface area contributed by atoms with E-state index in [9.17, 15) is 4.79 Å². The van der Waals surface area contributed by atoms with Gasteiger partial charge in [0.05, 0.1) is 16.9 Å². The number of aromatic nitrogens is 1. The van der Waals surface area contributed by atoms with E-state index in [0.717, 1.165) is 32.4 Å². The maximum Gasteiger partial charge on any atom is 0.259 e. The molecule has 0 atom stereocenters. The third-order valence-electron chi connectivity index (χ3n) is 6.54. The number of hydrogen-bond donors (Lipinski definition) is 1. The summed E-state index contributed by atoms with van der Waals surface area (Å²) in [5.74, 6) is -0.487. The number of halogens is 2. The molecule has 3 heterocycles. The van der Waals surface area contributed by atoms with Gasteiger partial charge in [0, 0.05) is 11.8 Å². The molecule has 2 saturated heterocycles. The number of rotatable bonds is 4. The van der Waals surface area contributed by atoms with E-state index in [0.29, 0.717) is 24.2 Å². The molecule has 1 saturated carbocycles. The van der Waals surface area contributed by atoms with Crippen LogP contribution < -0.4 is 19.9 Å². The predicted molar refractivity (Wildman–Crippen MR) is 126 cm³/mol. The van der Waals surface area contributed by atoms with Gasteiger partial charge < -0.3 is 15.0 Å². The average Bonchev–Trinajstić information content (AvgIpc) is 3.02. The molecule has 170 valence electrons. The van der Waals surface area contributed by atoms with Crippen LogP contribution in [0.3, 0.4) is 0 Å². The fourth-order valence-electron chi connectivity index (χ4n) is 4.66. The number of thiocarbonyl (C=S) groups is 1. The first-order valence-electron chi connectivity index (χ1n) is 10.9. The summed E-state index contributed by atoms with van der Waals surface area (Å²) < 4.78 is 20.9. The van der Waals surface area contributed by atoms with Crippen LogP contribution in [0.5, 0.6) is 5.75 Å². The van der Waals surface area contributed by atoms with Crippen LogP contribution in [0.4, 0.5) is 15.8 Å². The molecule has 3 aliphatic rings. The predicted octanol–water partition coefficient (Wildman–Crippen LogP) is 3.94. The molecule has 0 bridgehead atoms. The second kappa shape index (κ2) is 8.52. The van der Waals surface area contributed by atoms with E-state index in [1.807, 2.05) is 6.07 Å². The molecule has 2 aromatic rings. The Kier molecular flexibility index (Phi) is 5.69. The number of nitrogens with zero attached hydrogens (tertiary/aromatic N) is 4. The van der Waals surface area contributed by atoms with Gasteiger partial charge in [-0.05, 0) is 75.6 Å². The van der Waals surface area contributed by atoms with Crippen molar-refractivity contribution in [1.29, 1.82) is 5.26 Å². The van der Waals surface area contributed by atoms with Crippen LogP contribution in [0, 0.1) is 17.1 Å². The molecule has 1 aliphatic carbocycles. The van der Waals surface area contributed by atoms with Crippen LogP contribution in [0.1, 0.15) is 37.8 Å². The molecule has 3 fully saturated rings. The fourth-order valence-corrected chi connectivity index (χ4v) is 5.33.